The Balaban J connectivity index is 2.37. The summed E-state index contributed by atoms with van der Waals surface area (Å²) in [5.41, 5.74) is 5.72. The molecule has 101 heavy (non-hydrogen) atoms. The van der Waals surface area contributed by atoms with E-state index in [4.69, 9.17) is 15.2 Å². The number of allylic oxidation sites excluding steroid dienone is 3. The Kier molecular flexibility index (Phi) is 34.3. The van der Waals surface area contributed by atoms with Gasteiger partial charge in [0.2, 0.25) is 71.3 Å². The van der Waals surface area contributed by atoms with Crippen LogP contribution in [0.5, 0.6) is 0 Å². The van der Waals surface area contributed by atoms with Crippen LogP contribution in [0.2, 0.25) is 0 Å². The Morgan fingerprint density at radius 3 is 1.85 bits per heavy atom. The number of aliphatic hydroxyl groups excluding tert-OH is 4. The van der Waals surface area contributed by atoms with Gasteiger partial charge in [0.05, 0.1) is 30.8 Å². The molecule has 38 nitrogen and oxygen atoms in total. The molecular weight excluding hydrogens is 1340 g/mol. The van der Waals surface area contributed by atoms with Gasteiger partial charge in [-0.05, 0) is 89.5 Å². The van der Waals surface area contributed by atoms with Crippen LogP contribution in [0.25, 0.3) is 0 Å². The highest BCUT2D eigenvalue weighted by atomic mass is 16.7. The van der Waals surface area contributed by atoms with Crippen LogP contribution in [0.15, 0.2) is 24.3 Å². The van der Waals surface area contributed by atoms with E-state index >= 15 is 9.59 Å². The minimum Gasteiger partial charge on any atom is -0.481 e. The van der Waals surface area contributed by atoms with Gasteiger partial charge in [-0.25, -0.2) is 9.59 Å². The third-order valence-corrected chi connectivity index (χ3v) is 17.2. The molecule has 566 valence electrons. The van der Waals surface area contributed by atoms with Crippen molar-refractivity contribution in [2.24, 2.45) is 41.2 Å². The summed E-state index contributed by atoms with van der Waals surface area (Å²) in [7, 11) is 0. The van der Waals surface area contributed by atoms with E-state index < -0.39 is 235 Å². The molecule has 0 radical (unpaired) electrons. The molecule has 3 rings (SSSR count). The number of carboxylic acid groups (broad SMARTS) is 4. The molecule has 0 bridgehead atoms. The number of carbonyl (C=O) groups is 16. The van der Waals surface area contributed by atoms with Gasteiger partial charge in [-0.3, -0.25) is 67.1 Å². The van der Waals surface area contributed by atoms with Crippen molar-refractivity contribution in [3.05, 3.63) is 24.3 Å². The minimum absolute atomic E-state index is 0.00395. The number of unbranched alkanes of at least 4 members (excludes halogenated alkanes) is 1. The van der Waals surface area contributed by atoms with E-state index in [1.165, 1.54) is 46.8 Å². The van der Waals surface area contributed by atoms with Crippen molar-refractivity contribution in [1.82, 2.24) is 58.1 Å². The summed E-state index contributed by atoms with van der Waals surface area (Å²) in [6.45, 7) is 13.2. The zero-order chi connectivity index (χ0) is 76.6. The van der Waals surface area contributed by atoms with E-state index in [1.807, 2.05) is 29.8 Å². The van der Waals surface area contributed by atoms with Crippen molar-refractivity contribution >= 4 is 94.8 Å². The first-order valence-electron chi connectivity index (χ1n) is 33.0. The normalized spacial score (nSPS) is 28.9. The molecule has 3 aliphatic rings. The van der Waals surface area contributed by atoms with Crippen LogP contribution in [-0.2, 0) is 86.2 Å². The number of rotatable bonds is 25. The molecule has 0 saturated carbocycles. The number of hydrogen-bond acceptors (Lipinski definition) is 23. The summed E-state index contributed by atoms with van der Waals surface area (Å²) in [5, 5.41) is 104. The first-order chi connectivity index (χ1) is 47.2. The second kappa shape index (κ2) is 40.3. The maximum absolute atomic E-state index is 15.2. The fourth-order valence-electron chi connectivity index (χ4n) is 10.8. The van der Waals surface area contributed by atoms with Gasteiger partial charge in [0, 0.05) is 12.6 Å². The predicted molar refractivity (Wildman–Crippen MR) is 347 cm³/mol. The second-order valence-electron chi connectivity index (χ2n) is 26.1. The molecule has 3 heterocycles. The Hall–Kier alpha value is -9.24. The van der Waals surface area contributed by atoms with Gasteiger partial charge in [0.1, 0.15) is 72.7 Å². The highest BCUT2D eigenvalue weighted by molar-refractivity contribution is 6.02. The molecule has 3 fully saturated rings. The van der Waals surface area contributed by atoms with E-state index in [2.05, 4.69) is 37.2 Å². The maximum Gasteiger partial charge on any atom is 0.335 e. The lowest BCUT2D eigenvalue weighted by Gasteiger charge is -2.38. The fourth-order valence-corrected chi connectivity index (χ4v) is 10.8. The van der Waals surface area contributed by atoms with Gasteiger partial charge in [0.15, 0.2) is 12.2 Å². The number of nitrogens with one attached hydrogen (secondary N) is 10. The van der Waals surface area contributed by atoms with Gasteiger partial charge in [0.25, 0.3) is 0 Å². The van der Waals surface area contributed by atoms with Crippen molar-refractivity contribution in [2.75, 3.05) is 19.6 Å². The topological polar surface area (TPSA) is 603 Å². The first kappa shape index (κ1) is 86.0. The lowest BCUT2D eigenvalue weighted by molar-refractivity contribution is -0.287. The monoisotopic (exact) mass is 1440 g/mol. The molecule has 3 saturated heterocycles. The molecule has 0 aromatic rings. The van der Waals surface area contributed by atoms with Gasteiger partial charge in [-0.2, -0.15) is 0 Å². The number of aliphatic hydroxyl groups is 4. The van der Waals surface area contributed by atoms with Crippen molar-refractivity contribution < 1.29 is 127 Å². The largest absolute Gasteiger partial charge is 0.481 e. The Bertz CT molecular complexity index is 3080. The fraction of sp³-hybridized carbons (Fsp3) is 0.683. The average Bonchev–Trinajstić information content (AvgIpc) is 1.79. The molecular formula is C63H98N12O26. The zero-order valence-corrected chi connectivity index (χ0v) is 57.7. The number of amides is 11. The van der Waals surface area contributed by atoms with Crippen molar-refractivity contribution in [2.45, 2.75) is 218 Å². The minimum atomic E-state index is -2.89. The van der Waals surface area contributed by atoms with E-state index in [0.29, 0.717) is 12.3 Å². The Morgan fingerprint density at radius 2 is 1.28 bits per heavy atom. The van der Waals surface area contributed by atoms with Crippen molar-refractivity contribution in [1.29, 1.82) is 0 Å². The first-order valence-corrected chi connectivity index (χ1v) is 33.0. The van der Waals surface area contributed by atoms with Crippen LogP contribution in [-0.4, -0.2) is 257 Å². The number of fused-ring (bicyclic) bond motifs is 1. The van der Waals surface area contributed by atoms with Gasteiger partial charge < -0.3 is 114 Å². The van der Waals surface area contributed by atoms with E-state index in [1.54, 1.807) is 13.0 Å². The summed E-state index contributed by atoms with van der Waals surface area (Å²) in [6, 6.07) is -19.7. The number of ether oxygens (including phenoxy) is 2. The molecule has 0 aliphatic carbocycles. The molecule has 20 N–H and O–H groups in total. The second-order valence-corrected chi connectivity index (χ2v) is 26.1. The van der Waals surface area contributed by atoms with Gasteiger partial charge in [-0.1, -0.05) is 73.1 Å². The standard InChI is InChI=1S/C63H98N12O26/c1-11-28(6)18-14-12-13-15-20-36(76)69-42(31(9)62(99)101-63-48(83)46(81)47(82)49(100-63)61(97)98)55(89)73-43-32(10)66-52(86)35-22-29(7)25-75(35)58(92)40(27(4)5)72-54(88)41(30(8)59(93)94)70-37(77)24-65-50(84)34(23-38(78)79)68-57(91)44(45(80)60(95)96)74-51(85)33(19-16-17-21-64)67-53(87)39(26(2)3)71-56(43)90/h12-13,15,20,26-35,39-49,63,80-83H,11,14,16-19,21-25,64H2,1-10H3,(H,65,84)(H,66,86)(H,67,87)(H,68,91)(H,69,76)(H,70,77)(H,71,90)(H,72,88)(H,73,89)(H,74,85)(H,78,79)(H,93,94)(H,95,96)(H,97,98)/b13-12-,20-15+/t28?,29-,30?,31?,32?,33+,34+,35+,39-,40+,41-,42+,43+,44+,45?,46?,47?,48?,49?,63?/m1/s1. The van der Waals surface area contributed by atoms with Gasteiger partial charge >= 0.3 is 29.8 Å². The highest BCUT2D eigenvalue weighted by Crippen LogP contribution is 2.27. The third-order valence-electron chi connectivity index (χ3n) is 17.2. The van der Waals surface area contributed by atoms with Gasteiger partial charge in [-0.15, -0.1) is 0 Å². The van der Waals surface area contributed by atoms with E-state index in [-0.39, 0.29) is 38.8 Å². The molecule has 38 heteroatoms. The van der Waals surface area contributed by atoms with Crippen LogP contribution in [0, 0.1) is 35.5 Å². The number of nitrogens with zero attached hydrogens (tertiary/aromatic N) is 1. The molecule has 20 atom stereocenters. The smallest absolute Gasteiger partial charge is 0.335 e. The lowest BCUT2D eigenvalue weighted by atomic mass is 9.97. The molecule has 0 spiro atoms. The lowest BCUT2D eigenvalue weighted by Crippen LogP contribution is -2.66. The number of aliphatic carboxylic acids is 4. The number of carboxylic acids is 4. The summed E-state index contributed by atoms with van der Waals surface area (Å²) in [5.74, 6) is -29.0. The van der Waals surface area contributed by atoms with Crippen LogP contribution in [0.1, 0.15) is 121 Å². The predicted octanol–water partition coefficient (Wildman–Crippen LogP) is -6.17. The molecule has 10 unspecified atom stereocenters. The van der Waals surface area contributed by atoms with Crippen LogP contribution < -0.4 is 58.9 Å². The number of hydrogen-bond donors (Lipinski definition) is 19. The Labute approximate surface area is 581 Å². The van der Waals surface area contributed by atoms with Crippen LogP contribution in [0.4, 0.5) is 0 Å². The summed E-state index contributed by atoms with van der Waals surface area (Å²) in [6.07, 6.45) is -8.18. The van der Waals surface area contributed by atoms with Crippen molar-refractivity contribution in [3.63, 3.8) is 0 Å². The third kappa shape index (κ3) is 25.4. The van der Waals surface area contributed by atoms with Crippen LogP contribution >= 0.6 is 0 Å². The number of nitrogens with two attached hydrogens (primary N) is 1. The molecule has 0 aromatic heterocycles. The van der Waals surface area contributed by atoms with E-state index in [0.717, 1.165) is 37.7 Å². The molecule has 11 amide bonds. The Morgan fingerprint density at radius 1 is 0.683 bits per heavy atom. The summed E-state index contributed by atoms with van der Waals surface area (Å²) in [4.78, 5) is 222. The highest BCUT2D eigenvalue weighted by Gasteiger charge is 2.51. The number of esters is 1. The van der Waals surface area contributed by atoms with E-state index in [9.17, 15) is 108 Å². The zero-order valence-electron chi connectivity index (χ0n) is 57.7. The molecule has 0 aromatic carbocycles. The maximum atomic E-state index is 15.2. The van der Waals surface area contributed by atoms with Crippen molar-refractivity contribution in [3.8, 4) is 0 Å². The SMILES string of the molecule is CCC(C)CC/C=C\C=C\C(=O)N[C@H](C(=O)N[C@@H]1C(=O)N[C@H](C(C)C)C(=O)N[C@@H](CCCCN)C(=O)N[C@@H](C(O)C(=O)O)C(=O)N[C@@H](CC(=O)O)C(=O)NCC(=O)N[C@H](C(C)C(=O)O)C(=O)N[C@@H](C(C)C)C(=O)N2C[C@H](C)C[C@H]2C(=O)NC1C)C(C)C(=O)OC1OC(C(=O)O)C(O)C(O)C1O. The van der Waals surface area contributed by atoms with Crippen LogP contribution in [0.3, 0.4) is 0 Å². The molecule has 3 aliphatic heterocycles. The summed E-state index contributed by atoms with van der Waals surface area (Å²) < 4.78 is 10.4. The summed E-state index contributed by atoms with van der Waals surface area (Å²) >= 11 is 0. The number of carbonyl (C=O) groups excluding carboxylic acids is 12. The average molecular weight is 1440 g/mol. The quantitative estimate of drug-likeness (QED) is 0.0175.